The molecule has 4 aromatic rings. The fourth-order valence-corrected chi connectivity index (χ4v) is 8.29. The number of ether oxygens (including phenoxy) is 2. The van der Waals surface area contributed by atoms with Crippen LogP contribution < -0.4 is 30.9 Å². The molecule has 8 rings (SSSR count). The van der Waals surface area contributed by atoms with Crippen molar-refractivity contribution in [3.05, 3.63) is 71.4 Å². The number of aromatic nitrogens is 5. The number of imide groups is 1. The maximum atomic E-state index is 13.1. The van der Waals surface area contributed by atoms with Gasteiger partial charge in [-0.2, -0.15) is 4.98 Å². The first kappa shape index (κ1) is 38.4. The Bertz CT molecular complexity index is 2260. The van der Waals surface area contributed by atoms with Crippen molar-refractivity contribution >= 4 is 52.7 Å². The number of rotatable bonds is 14. The highest BCUT2D eigenvalue weighted by Gasteiger charge is 2.41. The molecule has 2 fully saturated rings. The number of methoxy groups -OCH3 is 1. The van der Waals surface area contributed by atoms with Crippen LogP contribution in [-0.2, 0) is 25.7 Å². The highest BCUT2D eigenvalue weighted by Crippen LogP contribution is 2.43. The lowest BCUT2D eigenvalue weighted by Gasteiger charge is -2.40. The molecule has 1 saturated carbocycles. The summed E-state index contributed by atoms with van der Waals surface area (Å²) in [5.41, 5.74) is 3.29. The van der Waals surface area contributed by atoms with E-state index >= 15 is 0 Å². The second kappa shape index (κ2) is 16.6. The Hall–Kier alpha value is -6.43. The minimum absolute atomic E-state index is 0.0528. The van der Waals surface area contributed by atoms with Crippen molar-refractivity contribution in [3.63, 3.8) is 0 Å². The highest BCUT2D eigenvalue weighted by atomic mass is 16.5. The third-order valence-corrected chi connectivity index (χ3v) is 11.1. The molecule has 1 unspecified atom stereocenters. The fraction of sp³-hybridized carbons (Fsp3) is 0.425. The third kappa shape index (κ3) is 7.54. The van der Waals surface area contributed by atoms with Gasteiger partial charge in [0.1, 0.15) is 30.4 Å². The van der Waals surface area contributed by atoms with Gasteiger partial charge in [-0.15, -0.1) is 10.2 Å². The monoisotopic (exact) mass is 791 g/mol. The van der Waals surface area contributed by atoms with E-state index in [2.05, 4.69) is 48.3 Å². The van der Waals surface area contributed by atoms with Gasteiger partial charge < -0.3 is 35.2 Å². The highest BCUT2D eigenvalue weighted by molar-refractivity contribution is 6.07. The average molecular weight is 792 g/mol. The van der Waals surface area contributed by atoms with Crippen LogP contribution in [0, 0.1) is 0 Å². The lowest BCUT2D eigenvalue weighted by molar-refractivity contribution is -0.137. The minimum Gasteiger partial charge on any atom is -0.495 e. The molecule has 2 aromatic heterocycles. The largest absolute Gasteiger partial charge is 0.495 e. The van der Waals surface area contributed by atoms with E-state index in [0.29, 0.717) is 58.8 Å². The van der Waals surface area contributed by atoms with Gasteiger partial charge in [0.05, 0.1) is 25.0 Å². The zero-order valence-electron chi connectivity index (χ0n) is 32.3. The van der Waals surface area contributed by atoms with Crippen molar-refractivity contribution in [1.82, 2.24) is 40.3 Å². The molecule has 1 aliphatic carbocycles. The van der Waals surface area contributed by atoms with Crippen molar-refractivity contribution in [2.75, 3.05) is 42.4 Å². The molecule has 2 aromatic carbocycles. The lowest BCUT2D eigenvalue weighted by Crippen LogP contribution is -2.52. The zero-order chi connectivity index (χ0) is 40.3. The number of benzene rings is 2. The molecule has 0 bridgehead atoms. The van der Waals surface area contributed by atoms with Crippen LogP contribution in [0.2, 0.25) is 0 Å². The number of nitrogens with zero attached hydrogens (tertiary/aromatic N) is 7. The molecule has 5 amide bonds. The Kier molecular flexibility index (Phi) is 11.0. The van der Waals surface area contributed by atoms with Gasteiger partial charge in [-0.1, -0.05) is 25.8 Å². The van der Waals surface area contributed by atoms with Gasteiger partial charge in [0, 0.05) is 54.5 Å². The fourth-order valence-electron chi connectivity index (χ4n) is 8.29. The van der Waals surface area contributed by atoms with Gasteiger partial charge in [0.2, 0.25) is 23.7 Å². The van der Waals surface area contributed by atoms with Crippen molar-refractivity contribution in [1.29, 1.82) is 0 Å². The molecule has 18 heteroatoms. The van der Waals surface area contributed by atoms with E-state index < -0.39 is 17.9 Å². The standard InChI is InChI=1S/C40H45N11O7/c1-3-29-36-48-43-22-50(36)31-19-42-40(47-35(31)51(29)24-8-4-5-9-24)45-28-13-12-23(18-32(28)57-2)37(54)41-16-7-17-58-21-34(53)44-27-11-6-10-25-26(27)20-49(39(25)56)30-14-15-33(52)46-38(30)55/h6,10-13,18-19,22,24,29-30H,3-5,7-9,14-17,20-21H2,1-2H3,(H,41,54)(H,44,53)(H,42,45,47)(H,46,52,55)/t29-,30?/m1/s1. The molecule has 0 radical (unpaired) electrons. The van der Waals surface area contributed by atoms with E-state index in [-0.39, 0.29) is 56.4 Å². The summed E-state index contributed by atoms with van der Waals surface area (Å²) in [5.74, 6) is 0.682. The van der Waals surface area contributed by atoms with Crippen molar-refractivity contribution in [3.8, 4) is 11.4 Å². The van der Waals surface area contributed by atoms with E-state index in [0.717, 1.165) is 36.6 Å². The molecular weight excluding hydrogens is 747 g/mol. The normalized spacial score (nSPS) is 18.7. The molecule has 302 valence electrons. The number of hydrogen-bond donors (Lipinski definition) is 4. The summed E-state index contributed by atoms with van der Waals surface area (Å²) in [4.78, 5) is 76.3. The summed E-state index contributed by atoms with van der Waals surface area (Å²) in [6.45, 7) is 2.57. The SMILES string of the molecule is CC[C@@H]1c2nncn2-c2cnc(Nc3ccc(C(=O)NCCCOCC(=O)Nc4cccc5c4CN(C4CCC(=O)NC4=O)C5=O)cc3OC)nc2N1C1CCCC1. The molecule has 18 nitrogen and oxygen atoms in total. The van der Waals surface area contributed by atoms with Crippen molar-refractivity contribution < 1.29 is 33.4 Å². The molecule has 3 aliphatic heterocycles. The summed E-state index contributed by atoms with van der Waals surface area (Å²) in [5, 5.41) is 19.9. The Morgan fingerprint density at radius 2 is 1.90 bits per heavy atom. The number of hydrogen-bond acceptors (Lipinski definition) is 13. The molecule has 2 atom stereocenters. The van der Waals surface area contributed by atoms with E-state index in [1.165, 1.54) is 24.9 Å². The lowest BCUT2D eigenvalue weighted by atomic mass is 10.0. The van der Waals surface area contributed by atoms with Crippen LogP contribution >= 0.6 is 0 Å². The molecule has 4 N–H and O–H groups in total. The topological polar surface area (TPSA) is 215 Å². The minimum atomic E-state index is -0.752. The van der Waals surface area contributed by atoms with Crippen molar-refractivity contribution in [2.24, 2.45) is 0 Å². The first-order valence-corrected chi connectivity index (χ1v) is 19.7. The predicted molar refractivity (Wildman–Crippen MR) is 210 cm³/mol. The van der Waals surface area contributed by atoms with Gasteiger partial charge >= 0.3 is 0 Å². The number of carbonyl (C=O) groups is 5. The second-order valence-corrected chi connectivity index (χ2v) is 14.7. The van der Waals surface area contributed by atoms with E-state index in [9.17, 15) is 24.0 Å². The van der Waals surface area contributed by atoms with Gasteiger partial charge in [-0.25, -0.2) is 4.98 Å². The quantitative estimate of drug-likeness (QED) is 0.106. The molecule has 58 heavy (non-hydrogen) atoms. The molecule has 1 saturated heterocycles. The molecular formula is C40H45N11O7. The Morgan fingerprint density at radius 1 is 1.05 bits per heavy atom. The van der Waals surface area contributed by atoms with Crippen molar-refractivity contribution in [2.45, 2.75) is 83.0 Å². The summed E-state index contributed by atoms with van der Waals surface area (Å²) in [6.07, 6.45) is 9.76. The Labute approximate surface area is 334 Å². The smallest absolute Gasteiger partial charge is 0.255 e. The maximum Gasteiger partial charge on any atom is 0.255 e. The van der Waals surface area contributed by atoms with E-state index in [4.69, 9.17) is 14.5 Å². The van der Waals surface area contributed by atoms with Crippen LogP contribution in [0.5, 0.6) is 5.75 Å². The predicted octanol–water partition coefficient (Wildman–Crippen LogP) is 3.56. The first-order valence-electron chi connectivity index (χ1n) is 19.7. The van der Waals surface area contributed by atoms with Crippen LogP contribution in [0.15, 0.2) is 48.9 Å². The summed E-state index contributed by atoms with van der Waals surface area (Å²) >= 11 is 0. The number of amides is 5. The van der Waals surface area contributed by atoms with Crippen LogP contribution in [0.4, 0.5) is 23.1 Å². The molecule has 4 aliphatic rings. The summed E-state index contributed by atoms with van der Waals surface area (Å²) in [7, 11) is 1.53. The second-order valence-electron chi connectivity index (χ2n) is 14.7. The van der Waals surface area contributed by atoms with Crippen LogP contribution in [0.1, 0.15) is 96.4 Å². The van der Waals surface area contributed by atoms with Gasteiger partial charge in [-0.05, 0) is 62.4 Å². The van der Waals surface area contributed by atoms with Gasteiger partial charge in [-0.3, -0.25) is 33.9 Å². The van der Waals surface area contributed by atoms with Gasteiger partial charge in [0.25, 0.3) is 11.8 Å². The van der Waals surface area contributed by atoms with Crippen LogP contribution in [0.25, 0.3) is 5.69 Å². The van der Waals surface area contributed by atoms with Crippen LogP contribution in [-0.4, -0.2) is 98.1 Å². The average Bonchev–Trinajstić information content (AvgIpc) is 4.01. The number of fused-ring (bicyclic) bond motifs is 4. The number of anilines is 4. The summed E-state index contributed by atoms with van der Waals surface area (Å²) < 4.78 is 13.2. The third-order valence-electron chi connectivity index (χ3n) is 11.1. The number of carbonyl (C=O) groups excluding carboxylic acids is 5. The first-order chi connectivity index (χ1) is 28.2. The van der Waals surface area contributed by atoms with E-state index in [1.54, 1.807) is 48.9 Å². The Balaban J connectivity index is 0.820. The van der Waals surface area contributed by atoms with E-state index in [1.807, 2.05) is 4.57 Å². The number of nitrogens with one attached hydrogen (secondary N) is 4. The van der Waals surface area contributed by atoms with Crippen LogP contribution in [0.3, 0.4) is 0 Å². The number of piperidine rings is 1. The van der Waals surface area contributed by atoms with Gasteiger partial charge in [0.15, 0.2) is 11.6 Å². The zero-order valence-corrected chi connectivity index (χ0v) is 32.3. The summed E-state index contributed by atoms with van der Waals surface area (Å²) in [6, 6.07) is 9.75. The molecule has 0 spiro atoms. The molecule has 5 heterocycles. The maximum absolute atomic E-state index is 13.1. The Morgan fingerprint density at radius 3 is 2.69 bits per heavy atom.